The SMILES string of the molecule is Cc1cc(C=O)sc1C#CCCNC(=O)OC(C)(C)C. The number of hydrogen-bond donors (Lipinski definition) is 1. The molecule has 0 fully saturated rings. The molecule has 0 aromatic carbocycles. The number of ether oxygens (including phenoxy) is 1. The second-order valence-electron chi connectivity index (χ2n) is 5.26. The molecule has 1 N–H and O–H groups in total. The van der Waals surface area contributed by atoms with Gasteiger partial charge < -0.3 is 10.1 Å². The molecule has 5 heteroatoms. The van der Waals surface area contributed by atoms with E-state index >= 15 is 0 Å². The van der Waals surface area contributed by atoms with Gasteiger partial charge in [0.25, 0.3) is 0 Å². The van der Waals surface area contributed by atoms with Crippen molar-refractivity contribution in [3.8, 4) is 11.8 Å². The van der Waals surface area contributed by atoms with E-state index in [0.29, 0.717) is 17.8 Å². The van der Waals surface area contributed by atoms with E-state index in [1.165, 1.54) is 11.3 Å². The Morgan fingerprint density at radius 3 is 2.75 bits per heavy atom. The van der Waals surface area contributed by atoms with Crippen LogP contribution in [0.15, 0.2) is 6.07 Å². The highest BCUT2D eigenvalue weighted by atomic mass is 32.1. The second kappa shape index (κ2) is 7.11. The highest BCUT2D eigenvalue weighted by Crippen LogP contribution is 2.18. The van der Waals surface area contributed by atoms with Gasteiger partial charge in [0.15, 0.2) is 6.29 Å². The van der Waals surface area contributed by atoms with Gasteiger partial charge in [-0.05, 0) is 39.3 Å². The molecule has 0 spiro atoms. The molecule has 0 radical (unpaired) electrons. The van der Waals surface area contributed by atoms with Crippen LogP contribution in [0.2, 0.25) is 0 Å². The average molecular weight is 293 g/mol. The van der Waals surface area contributed by atoms with Crippen molar-refractivity contribution in [2.24, 2.45) is 0 Å². The molecular formula is C15H19NO3S. The molecule has 0 saturated carbocycles. The maximum atomic E-state index is 11.4. The third-order valence-corrected chi connectivity index (χ3v) is 3.25. The summed E-state index contributed by atoms with van der Waals surface area (Å²) in [6, 6.07) is 1.82. The predicted molar refractivity (Wildman–Crippen MR) is 80.2 cm³/mol. The monoisotopic (exact) mass is 293 g/mol. The molecule has 0 aliphatic rings. The first-order valence-electron chi connectivity index (χ1n) is 6.33. The number of carbonyl (C=O) groups excluding carboxylic acids is 2. The molecule has 1 aromatic heterocycles. The molecule has 0 atom stereocenters. The number of thiophene rings is 1. The van der Waals surface area contributed by atoms with E-state index in [9.17, 15) is 9.59 Å². The van der Waals surface area contributed by atoms with Crippen molar-refractivity contribution in [3.63, 3.8) is 0 Å². The lowest BCUT2D eigenvalue weighted by atomic mass is 10.2. The normalized spacial score (nSPS) is 10.4. The maximum absolute atomic E-state index is 11.4. The molecule has 0 saturated heterocycles. The third-order valence-electron chi connectivity index (χ3n) is 2.17. The van der Waals surface area contributed by atoms with Crippen molar-refractivity contribution in [2.45, 2.75) is 39.7 Å². The minimum atomic E-state index is -0.491. The number of aryl methyl sites for hydroxylation is 1. The van der Waals surface area contributed by atoms with Crippen LogP contribution in [0.5, 0.6) is 0 Å². The summed E-state index contributed by atoms with van der Waals surface area (Å²) in [6.07, 6.45) is 0.926. The van der Waals surface area contributed by atoms with Crippen LogP contribution in [-0.4, -0.2) is 24.5 Å². The summed E-state index contributed by atoms with van der Waals surface area (Å²) in [4.78, 5) is 23.6. The van der Waals surface area contributed by atoms with Gasteiger partial charge in [0.2, 0.25) is 0 Å². The Labute approximate surface area is 123 Å². The Bertz CT molecular complexity index is 544. The van der Waals surface area contributed by atoms with Crippen molar-refractivity contribution in [2.75, 3.05) is 6.54 Å². The number of nitrogens with one attached hydrogen (secondary N) is 1. The lowest BCUT2D eigenvalue weighted by Gasteiger charge is -2.19. The van der Waals surface area contributed by atoms with Crippen LogP contribution in [0, 0.1) is 18.8 Å². The number of amides is 1. The van der Waals surface area contributed by atoms with Crippen LogP contribution < -0.4 is 5.32 Å². The summed E-state index contributed by atoms with van der Waals surface area (Å²) in [5.74, 6) is 5.98. The average Bonchev–Trinajstić information content (AvgIpc) is 2.67. The summed E-state index contributed by atoms with van der Waals surface area (Å²) in [5.41, 5.74) is 0.513. The van der Waals surface area contributed by atoms with E-state index in [2.05, 4.69) is 17.2 Å². The Morgan fingerprint density at radius 1 is 1.50 bits per heavy atom. The molecule has 0 aliphatic heterocycles. The van der Waals surface area contributed by atoms with Gasteiger partial charge in [0.1, 0.15) is 5.60 Å². The van der Waals surface area contributed by atoms with E-state index in [0.717, 1.165) is 16.7 Å². The van der Waals surface area contributed by atoms with Crippen molar-refractivity contribution in [1.82, 2.24) is 5.32 Å². The topological polar surface area (TPSA) is 55.4 Å². The van der Waals surface area contributed by atoms with Crippen molar-refractivity contribution >= 4 is 23.7 Å². The molecule has 1 aromatic rings. The third kappa shape index (κ3) is 5.89. The van der Waals surface area contributed by atoms with Gasteiger partial charge in [-0.1, -0.05) is 11.8 Å². The lowest BCUT2D eigenvalue weighted by Crippen LogP contribution is -2.32. The van der Waals surface area contributed by atoms with Gasteiger partial charge in [0, 0.05) is 13.0 Å². The van der Waals surface area contributed by atoms with Crippen LogP contribution in [0.1, 0.15) is 47.3 Å². The molecule has 1 heterocycles. The minimum absolute atomic E-state index is 0.435. The standard InChI is InChI=1S/C15H19NO3S/c1-11-9-12(10-17)20-13(11)7-5-6-8-16-14(18)19-15(2,3)4/h9-10H,6,8H2,1-4H3,(H,16,18). The summed E-state index contributed by atoms with van der Waals surface area (Å²) < 4.78 is 5.10. The first-order valence-corrected chi connectivity index (χ1v) is 7.15. The fraction of sp³-hybridized carbons (Fsp3) is 0.467. The lowest BCUT2D eigenvalue weighted by molar-refractivity contribution is 0.0529. The summed E-state index contributed by atoms with van der Waals surface area (Å²) in [6.45, 7) is 7.81. The molecule has 1 rings (SSSR count). The number of carbonyl (C=O) groups is 2. The molecule has 0 unspecified atom stereocenters. The molecule has 20 heavy (non-hydrogen) atoms. The predicted octanol–water partition coefficient (Wildman–Crippen LogP) is 3.14. The Kier molecular flexibility index (Phi) is 5.78. The van der Waals surface area contributed by atoms with Crippen LogP contribution in [0.25, 0.3) is 0 Å². The van der Waals surface area contributed by atoms with Crippen molar-refractivity contribution < 1.29 is 14.3 Å². The summed E-state index contributed by atoms with van der Waals surface area (Å²) in [5, 5.41) is 2.64. The summed E-state index contributed by atoms with van der Waals surface area (Å²) in [7, 11) is 0. The number of rotatable bonds is 3. The van der Waals surface area contributed by atoms with Gasteiger partial charge >= 0.3 is 6.09 Å². The van der Waals surface area contributed by atoms with Crippen molar-refractivity contribution in [1.29, 1.82) is 0 Å². The Hall–Kier alpha value is -1.80. The van der Waals surface area contributed by atoms with E-state index < -0.39 is 11.7 Å². The number of alkyl carbamates (subject to hydrolysis) is 1. The zero-order valence-corrected chi connectivity index (χ0v) is 13.0. The van der Waals surface area contributed by atoms with E-state index in [1.807, 2.05) is 33.8 Å². The first kappa shape index (κ1) is 16.3. The summed E-state index contributed by atoms with van der Waals surface area (Å²) >= 11 is 1.38. The van der Waals surface area contributed by atoms with E-state index in [1.54, 1.807) is 0 Å². The Morgan fingerprint density at radius 2 is 2.20 bits per heavy atom. The van der Waals surface area contributed by atoms with Crippen LogP contribution >= 0.6 is 11.3 Å². The van der Waals surface area contributed by atoms with Crippen molar-refractivity contribution in [3.05, 3.63) is 21.4 Å². The quantitative estimate of drug-likeness (QED) is 0.529. The minimum Gasteiger partial charge on any atom is -0.444 e. The van der Waals surface area contributed by atoms with Gasteiger partial charge in [-0.2, -0.15) is 0 Å². The van der Waals surface area contributed by atoms with Gasteiger partial charge in [-0.25, -0.2) is 4.79 Å². The highest BCUT2D eigenvalue weighted by Gasteiger charge is 2.15. The van der Waals surface area contributed by atoms with Crippen LogP contribution in [0.3, 0.4) is 0 Å². The first-order chi connectivity index (χ1) is 9.31. The van der Waals surface area contributed by atoms with Crippen LogP contribution in [0.4, 0.5) is 4.79 Å². The highest BCUT2D eigenvalue weighted by molar-refractivity contribution is 7.14. The molecule has 0 aliphatic carbocycles. The molecular weight excluding hydrogens is 274 g/mol. The van der Waals surface area contributed by atoms with E-state index in [4.69, 9.17) is 4.74 Å². The van der Waals surface area contributed by atoms with E-state index in [-0.39, 0.29) is 0 Å². The largest absolute Gasteiger partial charge is 0.444 e. The fourth-order valence-corrected chi connectivity index (χ4v) is 2.24. The van der Waals surface area contributed by atoms with Gasteiger partial charge in [-0.15, -0.1) is 11.3 Å². The number of aldehydes is 1. The van der Waals surface area contributed by atoms with Crippen LogP contribution in [-0.2, 0) is 4.74 Å². The number of hydrogen-bond acceptors (Lipinski definition) is 4. The smallest absolute Gasteiger partial charge is 0.407 e. The van der Waals surface area contributed by atoms with Gasteiger partial charge in [0.05, 0.1) is 9.75 Å². The second-order valence-corrected chi connectivity index (χ2v) is 6.34. The zero-order valence-electron chi connectivity index (χ0n) is 12.2. The maximum Gasteiger partial charge on any atom is 0.407 e. The molecule has 108 valence electrons. The molecule has 4 nitrogen and oxygen atoms in total. The van der Waals surface area contributed by atoms with Gasteiger partial charge in [-0.3, -0.25) is 4.79 Å². The fourth-order valence-electron chi connectivity index (χ4n) is 1.37. The molecule has 0 bridgehead atoms. The zero-order chi connectivity index (χ0) is 15.2. The Balaban J connectivity index is 2.38. The molecule has 1 amide bonds.